The van der Waals surface area contributed by atoms with E-state index in [2.05, 4.69) is 21.0 Å². The molecule has 3 heterocycles. The van der Waals surface area contributed by atoms with Crippen LogP contribution in [0.4, 0.5) is 22.0 Å². The molecule has 172 valence electrons. The van der Waals surface area contributed by atoms with Gasteiger partial charge in [0.2, 0.25) is 0 Å². The molecule has 0 radical (unpaired) electrons. The molecule has 0 spiro atoms. The molecule has 11 heteroatoms. The third-order valence-corrected chi connectivity index (χ3v) is 4.65. The van der Waals surface area contributed by atoms with Crippen molar-refractivity contribution in [3.63, 3.8) is 0 Å². The van der Waals surface area contributed by atoms with Gasteiger partial charge in [0.15, 0.2) is 0 Å². The maximum atomic E-state index is 13.4. The fourth-order valence-electron chi connectivity index (χ4n) is 2.78. The van der Waals surface area contributed by atoms with Crippen LogP contribution in [0.25, 0.3) is 11.3 Å². The monoisotopic (exact) mass is 631 g/mol. The molecule has 0 fully saturated rings. The second-order valence-corrected chi connectivity index (χ2v) is 7.16. The number of pyridine rings is 3. The van der Waals surface area contributed by atoms with E-state index < -0.39 is 29.2 Å². The Bertz CT molecular complexity index is 1120. The zero-order valence-corrected chi connectivity index (χ0v) is 18.8. The molecule has 5 nitrogen and oxygen atoms in total. The Balaban J connectivity index is 0.00000363. The van der Waals surface area contributed by atoms with Crippen molar-refractivity contribution in [2.24, 2.45) is 0 Å². The zero-order chi connectivity index (χ0) is 23.0. The number of carboxylic acid groups (broad SMARTS) is 1. The molecule has 0 unspecified atom stereocenters. The van der Waals surface area contributed by atoms with Crippen LogP contribution in [0.3, 0.4) is 0 Å². The van der Waals surface area contributed by atoms with E-state index in [9.17, 15) is 26.7 Å². The SMILES string of the molecule is CC(C)(c1cccc(C(=O)O)n1)c1cccc(-c2[c-]cc(C(F)(F)C(F)(F)F)nc2)n1.[Pt]. The maximum Gasteiger partial charge on any atom is 0.450 e. The molecule has 0 aliphatic rings. The first-order valence-electron chi connectivity index (χ1n) is 8.85. The Labute approximate surface area is 194 Å². The number of hydrogen-bond acceptors (Lipinski definition) is 4. The van der Waals surface area contributed by atoms with E-state index in [0.29, 0.717) is 17.5 Å². The van der Waals surface area contributed by atoms with Gasteiger partial charge in [-0.05, 0) is 37.7 Å². The van der Waals surface area contributed by atoms with Crippen molar-refractivity contribution in [3.05, 3.63) is 77.5 Å². The predicted molar refractivity (Wildman–Crippen MR) is 99.6 cm³/mol. The van der Waals surface area contributed by atoms with Gasteiger partial charge in [0.1, 0.15) is 5.69 Å². The Morgan fingerprint density at radius 1 is 0.938 bits per heavy atom. The van der Waals surface area contributed by atoms with E-state index >= 15 is 0 Å². The Kier molecular flexibility index (Phi) is 7.19. The van der Waals surface area contributed by atoms with Crippen molar-refractivity contribution < 1.29 is 52.9 Å². The van der Waals surface area contributed by atoms with Crippen LogP contribution in [0.2, 0.25) is 0 Å². The molecule has 0 saturated carbocycles. The van der Waals surface area contributed by atoms with Crippen LogP contribution < -0.4 is 0 Å². The largest absolute Gasteiger partial charge is 0.477 e. The Morgan fingerprint density at radius 2 is 1.53 bits per heavy atom. The smallest absolute Gasteiger partial charge is 0.450 e. The molecule has 3 aromatic heterocycles. The van der Waals surface area contributed by atoms with Crippen molar-refractivity contribution in [2.75, 3.05) is 0 Å². The summed E-state index contributed by atoms with van der Waals surface area (Å²) in [5.74, 6) is -6.28. The van der Waals surface area contributed by atoms with Gasteiger partial charge in [0.05, 0.1) is 5.69 Å². The minimum atomic E-state index is -5.77. The maximum absolute atomic E-state index is 13.4. The molecular weight excluding hydrogens is 616 g/mol. The summed E-state index contributed by atoms with van der Waals surface area (Å²) >= 11 is 0. The average Bonchev–Trinajstić information content (AvgIpc) is 2.73. The average molecular weight is 631 g/mol. The van der Waals surface area contributed by atoms with Gasteiger partial charge in [-0.2, -0.15) is 13.2 Å². The number of alkyl halides is 5. The van der Waals surface area contributed by atoms with Crippen molar-refractivity contribution in [1.82, 2.24) is 15.0 Å². The number of aromatic nitrogens is 3. The molecule has 0 bridgehead atoms. The Hall–Kier alpha value is -2.74. The van der Waals surface area contributed by atoms with Gasteiger partial charge >= 0.3 is 18.1 Å². The summed E-state index contributed by atoms with van der Waals surface area (Å²) < 4.78 is 64.4. The molecule has 3 aromatic rings. The van der Waals surface area contributed by atoms with Crippen LogP contribution in [0.5, 0.6) is 0 Å². The van der Waals surface area contributed by atoms with E-state index in [1.54, 1.807) is 38.1 Å². The minimum absolute atomic E-state index is 0. The summed E-state index contributed by atoms with van der Waals surface area (Å²) in [7, 11) is 0. The number of halogens is 5. The van der Waals surface area contributed by atoms with Gasteiger partial charge in [-0.25, -0.2) is 18.6 Å². The fraction of sp³-hybridized carbons (Fsp3) is 0.238. The van der Waals surface area contributed by atoms with Crippen LogP contribution in [-0.2, 0) is 32.4 Å². The third-order valence-electron chi connectivity index (χ3n) is 4.65. The minimum Gasteiger partial charge on any atom is -0.477 e. The third kappa shape index (κ3) is 4.85. The van der Waals surface area contributed by atoms with Crippen LogP contribution in [0.15, 0.2) is 48.7 Å². The van der Waals surface area contributed by atoms with Crippen molar-refractivity contribution >= 4 is 5.97 Å². The van der Waals surface area contributed by atoms with Crippen LogP contribution in [0, 0.1) is 6.07 Å². The summed E-state index contributed by atoms with van der Waals surface area (Å²) in [5.41, 5.74) is -1.17. The van der Waals surface area contributed by atoms with Crippen molar-refractivity contribution in [1.29, 1.82) is 0 Å². The van der Waals surface area contributed by atoms with Gasteiger partial charge in [0.25, 0.3) is 0 Å². The summed E-state index contributed by atoms with van der Waals surface area (Å²) in [6.45, 7) is 3.53. The van der Waals surface area contributed by atoms with Gasteiger partial charge < -0.3 is 15.1 Å². The normalized spacial score (nSPS) is 12.2. The van der Waals surface area contributed by atoms with Gasteiger partial charge in [-0.3, -0.25) is 0 Å². The number of nitrogens with zero attached hydrogens (tertiary/aromatic N) is 3. The van der Waals surface area contributed by atoms with Crippen LogP contribution >= 0.6 is 0 Å². The summed E-state index contributed by atoms with van der Waals surface area (Å²) in [5, 5.41) is 9.16. The first kappa shape index (κ1) is 25.5. The van der Waals surface area contributed by atoms with E-state index in [1.165, 1.54) is 12.1 Å². The number of carbonyl (C=O) groups is 1. The molecule has 0 atom stereocenters. The molecular formula is C21H15F5N3O2Pt-. The van der Waals surface area contributed by atoms with Crippen molar-refractivity contribution in [3.8, 4) is 11.3 Å². The second kappa shape index (κ2) is 9.02. The van der Waals surface area contributed by atoms with Gasteiger partial charge in [-0.15, -0.1) is 17.7 Å². The summed E-state index contributed by atoms with van der Waals surface area (Å²) in [6, 6.07) is 12.2. The number of rotatable bonds is 5. The zero-order valence-electron chi connectivity index (χ0n) is 16.5. The number of hydrogen-bond donors (Lipinski definition) is 1. The summed E-state index contributed by atoms with van der Waals surface area (Å²) in [4.78, 5) is 23.0. The molecule has 0 aromatic carbocycles. The number of carboxylic acids is 1. The molecule has 0 aliphatic carbocycles. The molecule has 0 amide bonds. The van der Waals surface area contributed by atoms with E-state index in [-0.39, 0.29) is 38.0 Å². The molecule has 1 N–H and O–H groups in total. The van der Waals surface area contributed by atoms with Crippen LogP contribution in [0.1, 0.15) is 41.4 Å². The summed E-state index contributed by atoms with van der Waals surface area (Å²) in [6.07, 6.45) is -4.92. The van der Waals surface area contributed by atoms with Crippen molar-refractivity contribution in [2.45, 2.75) is 31.4 Å². The van der Waals surface area contributed by atoms with E-state index in [4.69, 9.17) is 5.11 Å². The Morgan fingerprint density at radius 3 is 2.06 bits per heavy atom. The first-order valence-corrected chi connectivity index (χ1v) is 8.85. The quantitative estimate of drug-likeness (QED) is 0.317. The second-order valence-electron chi connectivity index (χ2n) is 7.16. The predicted octanol–water partition coefficient (Wildman–Crippen LogP) is 5.01. The molecule has 32 heavy (non-hydrogen) atoms. The first-order chi connectivity index (χ1) is 14.3. The fourth-order valence-corrected chi connectivity index (χ4v) is 2.78. The topological polar surface area (TPSA) is 76.0 Å². The van der Waals surface area contributed by atoms with Gasteiger partial charge in [0, 0.05) is 37.9 Å². The standard InChI is InChI=1S/C21H15F5N3O2.Pt/c1-19(2,16-8-4-6-14(29-16)18(30)31)15-7-3-5-13(28-15)12-9-10-17(27-11-12)20(22,23)21(24,25)26;/h3-8,10-11H,1-2H3,(H,30,31);/q-1;. The van der Waals surface area contributed by atoms with E-state index in [0.717, 1.165) is 6.20 Å². The van der Waals surface area contributed by atoms with Crippen LogP contribution in [-0.4, -0.2) is 32.2 Å². The van der Waals surface area contributed by atoms with E-state index in [1.807, 2.05) is 0 Å². The van der Waals surface area contributed by atoms with Gasteiger partial charge in [-0.1, -0.05) is 24.4 Å². The molecule has 0 saturated heterocycles. The number of aromatic carboxylic acids is 1. The molecule has 3 rings (SSSR count). The molecule has 0 aliphatic heterocycles.